The van der Waals surface area contributed by atoms with Crippen molar-refractivity contribution in [3.05, 3.63) is 71.6 Å². The highest BCUT2D eigenvalue weighted by Gasteiger charge is 2.34. The summed E-state index contributed by atoms with van der Waals surface area (Å²) in [7, 11) is 0. The van der Waals surface area contributed by atoms with Crippen LogP contribution in [0.1, 0.15) is 40.2 Å². The molecule has 3 heterocycles. The minimum absolute atomic E-state index is 0.0480. The Morgan fingerprint density at radius 3 is 2.78 bits per heavy atom. The molecule has 1 aromatic carbocycles. The van der Waals surface area contributed by atoms with Gasteiger partial charge in [0.25, 0.3) is 5.91 Å². The lowest BCUT2D eigenvalue weighted by Gasteiger charge is -2.15. The third-order valence-electron chi connectivity index (χ3n) is 4.67. The molecule has 8 heteroatoms. The van der Waals surface area contributed by atoms with Crippen LogP contribution in [0.5, 0.6) is 0 Å². The molecule has 4 rings (SSSR count). The highest BCUT2D eigenvalue weighted by Crippen LogP contribution is 2.39. The molecule has 2 N–H and O–H groups in total. The standard InChI is InChI=1S/C19H18N6O2/c1-12(26)25-10-16(18-22-11-23-24-18)15-8-14(2-3-17(15)25)19(27)21-9-13-4-6-20-7-5-13/h2-8,11,16H,9-10H2,1H3,(H,21,27)(H,22,23,24). The topological polar surface area (TPSA) is 104 Å². The molecular formula is C19H18N6O2. The fraction of sp³-hybridized carbons (Fsp3) is 0.211. The van der Waals surface area contributed by atoms with E-state index in [2.05, 4.69) is 25.5 Å². The van der Waals surface area contributed by atoms with E-state index in [1.54, 1.807) is 23.4 Å². The Kier molecular flexibility index (Phi) is 4.37. The van der Waals surface area contributed by atoms with Gasteiger partial charge in [0.05, 0.1) is 5.92 Å². The maximum atomic E-state index is 12.6. The Morgan fingerprint density at radius 1 is 1.26 bits per heavy atom. The molecule has 0 saturated carbocycles. The first kappa shape index (κ1) is 16.9. The number of aromatic nitrogens is 4. The number of nitrogens with one attached hydrogen (secondary N) is 2. The Bertz CT molecular complexity index is 971. The molecule has 1 unspecified atom stereocenters. The van der Waals surface area contributed by atoms with Crippen molar-refractivity contribution in [3.63, 3.8) is 0 Å². The molecular weight excluding hydrogens is 344 g/mol. The van der Waals surface area contributed by atoms with E-state index in [0.29, 0.717) is 24.5 Å². The molecule has 0 radical (unpaired) electrons. The highest BCUT2D eigenvalue weighted by atomic mass is 16.2. The van der Waals surface area contributed by atoms with Gasteiger partial charge < -0.3 is 10.2 Å². The number of H-pyrrole nitrogens is 1. The largest absolute Gasteiger partial charge is 0.348 e. The number of hydrogen-bond acceptors (Lipinski definition) is 5. The Hall–Kier alpha value is -3.55. The molecule has 1 atom stereocenters. The smallest absolute Gasteiger partial charge is 0.251 e. The van der Waals surface area contributed by atoms with Crippen LogP contribution in [0.2, 0.25) is 0 Å². The van der Waals surface area contributed by atoms with Gasteiger partial charge in [0, 0.05) is 43.7 Å². The quantitative estimate of drug-likeness (QED) is 0.734. The summed E-state index contributed by atoms with van der Waals surface area (Å²) in [5, 5.41) is 9.68. The maximum absolute atomic E-state index is 12.6. The van der Waals surface area contributed by atoms with Crippen LogP contribution >= 0.6 is 0 Å². The van der Waals surface area contributed by atoms with Gasteiger partial charge in [-0.05, 0) is 41.5 Å². The molecule has 3 aromatic rings. The molecule has 8 nitrogen and oxygen atoms in total. The molecule has 0 fully saturated rings. The van der Waals surface area contributed by atoms with E-state index in [0.717, 1.165) is 16.8 Å². The number of rotatable bonds is 4. The number of benzene rings is 1. The minimum Gasteiger partial charge on any atom is -0.348 e. The molecule has 0 bridgehead atoms. The van der Waals surface area contributed by atoms with Crippen molar-refractivity contribution in [2.45, 2.75) is 19.4 Å². The zero-order chi connectivity index (χ0) is 18.8. The molecule has 2 aromatic heterocycles. The normalized spacial score (nSPS) is 15.4. The van der Waals surface area contributed by atoms with Crippen LogP contribution in [0, 0.1) is 0 Å². The first-order chi connectivity index (χ1) is 13.1. The molecule has 0 spiro atoms. The van der Waals surface area contributed by atoms with Crippen LogP contribution in [0.15, 0.2) is 49.1 Å². The summed E-state index contributed by atoms with van der Waals surface area (Å²) >= 11 is 0. The van der Waals surface area contributed by atoms with Gasteiger partial charge in [-0.1, -0.05) is 0 Å². The average Bonchev–Trinajstić information content (AvgIpc) is 3.34. The predicted molar refractivity (Wildman–Crippen MR) is 98.1 cm³/mol. The predicted octanol–water partition coefficient (Wildman–Crippen LogP) is 1.63. The lowest BCUT2D eigenvalue weighted by Crippen LogP contribution is -2.27. The number of hydrogen-bond donors (Lipinski definition) is 2. The van der Waals surface area contributed by atoms with Crippen molar-refractivity contribution >= 4 is 17.5 Å². The number of anilines is 1. The van der Waals surface area contributed by atoms with Crippen molar-refractivity contribution in [3.8, 4) is 0 Å². The molecule has 136 valence electrons. The highest BCUT2D eigenvalue weighted by molar-refractivity contribution is 5.98. The molecule has 0 aliphatic carbocycles. The third-order valence-corrected chi connectivity index (χ3v) is 4.67. The fourth-order valence-electron chi connectivity index (χ4n) is 3.30. The van der Waals surface area contributed by atoms with Crippen molar-refractivity contribution in [1.82, 2.24) is 25.5 Å². The summed E-state index contributed by atoms with van der Waals surface area (Å²) in [6.45, 7) is 2.42. The van der Waals surface area contributed by atoms with Gasteiger partial charge >= 0.3 is 0 Å². The maximum Gasteiger partial charge on any atom is 0.251 e. The van der Waals surface area contributed by atoms with Gasteiger partial charge in [-0.3, -0.25) is 19.7 Å². The number of carbonyl (C=O) groups excluding carboxylic acids is 2. The summed E-state index contributed by atoms with van der Waals surface area (Å²) in [6, 6.07) is 9.09. The third kappa shape index (κ3) is 3.29. The summed E-state index contributed by atoms with van der Waals surface area (Å²) in [4.78, 5) is 34.5. The van der Waals surface area contributed by atoms with Crippen LogP contribution < -0.4 is 10.2 Å². The van der Waals surface area contributed by atoms with Crippen molar-refractivity contribution < 1.29 is 9.59 Å². The van der Waals surface area contributed by atoms with Gasteiger partial charge in [0.2, 0.25) is 5.91 Å². The second kappa shape index (κ2) is 6.99. The molecule has 1 aliphatic rings. The first-order valence-corrected chi connectivity index (χ1v) is 8.58. The van der Waals surface area contributed by atoms with E-state index in [1.807, 2.05) is 24.3 Å². The number of amides is 2. The van der Waals surface area contributed by atoms with E-state index < -0.39 is 0 Å². The van der Waals surface area contributed by atoms with Crippen LogP contribution in [-0.4, -0.2) is 38.5 Å². The van der Waals surface area contributed by atoms with Crippen LogP contribution in [0.25, 0.3) is 0 Å². The van der Waals surface area contributed by atoms with Gasteiger partial charge in [0.1, 0.15) is 12.2 Å². The molecule has 0 saturated heterocycles. The van der Waals surface area contributed by atoms with E-state index in [4.69, 9.17) is 0 Å². The van der Waals surface area contributed by atoms with E-state index >= 15 is 0 Å². The molecule has 27 heavy (non-hydrogen) atoms. The van der Waals surface area contributed by atoms with E-state index in [1.165, 1.54) is 13.3 Å². The van der Waals surface area contributed by atoms with Crippen molar-refractivity contribution in [2.24, 2.45) is 0 Å². The zero-order valence-corrected chi connectivity index (χ0v) is 14.7. The number of carbonyl (C=O) groups is 2. The molecule has 1 aliphatic heterocycles. The number of nitrogens with zero attached hydrogens (tertiary/aromatic N) is 4. The van der Waals surface area contributed by atoms with E-state index in [9.17, 15) is 9.59 Å². The van der Waals surface area contributed by atoms with E-state index in [-0.39, 0.29) is 17.7 Å². The summed E-state index contributed by atoms with van der Waals surface area (Å²) in [5.74, 6) is 0.314. The summed E-state index contributed by atoms with van der Waals surface area (Å²) in [5.41, 5.74) is 3.20. The lowest BCUT2D eigenvalue weighted by molar-refractivity contribution is -0.116. The van der Waals surface area contributed by atoms with Crippen LogP contribution in [0.3, 0.4) is 0 Å². The Morgan fingerprint density at radius 2 is 2.07 bits per heavy atom. The van der Waals surface area contributed by atoms with Gasteiger partial charge in [-0.25, -0.2) is 4.98 Å². The first-order valence-electron chi connectivity index (χ1n) is 8.58. The SMILES string of the molecule is CC(=O)N1CC(c2ncn[nH]2)c2cc(C(=O)NCc3ccncc3)ccc21. The van der Waals surface area contributed by atoms with Crippen LogP contribution in [-0.2, 0) is 11.3 Å². The van der Waals surface area contributed by atoms with Gasteiger partial charge in [0.15, 0.2) is 0 Å². The van der Waals surface area contributed by atoms with Crippen LogP contribution in [0.4, 0.5) is 5.69 Å². The minimum atomic E-state index is -0.174. The van der Waals surface area contributed by atoms with Crippen molar-refractivity contribution in [1.29, 1.82) is 0 Å². The van der Waals surface area contributed by atoms with Gasteiger partial charge in [-0.2, -0.15) is 5.10 Å². The number of aromatic amines is 1. The fourth-order valence-corrected chi connectivity index (χ4v) is 3.30. The van der Waals surface area contributed by atoms with Crippen molar-refractivity contribution in [2.75, 3.05) is 11.4 Å². The Labute approximate surface area is 155 Å². The molecule has 2 amide bonds. The Balaban J connectivity index is 1.60. The summed E-state index contributed by atoms with van der Waals surface area (Å²) in [6.07, 6.45) is 4.82. The average molecular weight is 362 g/mol. The summed E-state index contributed by atoms with van der Waals surface area (Å²) < 4.78 is 0. The zero-order valence-electron chi connectivity index (χ0n) is 14.7. The van der Waals surface area contributed by atoms with Gasteiger partial charge in [-0.15, -0.1) is 0 Å². The second-order valence-electron chi connectivity index (χ2n) is 6.36. The second-order valence-corrected chi connectivity index (χ2v) is 6.36. The number of fused-ring (bicyclic) bond motifs is 1. The monoisotopic (exact) mass is 362 g/mol. The number of pyridine rings is 1. The lowest BCUT2D eigenvalue weighted by atomic mass is 9.98.